The van der Waals surface area contributed by atoms with Gasteiger partial charge in [-0.3, -0.25) is 24.0 Å². The highest BCUT2D eigenvalue weighted by Gasteiger charge is 2.32. The molecule has 0 saturated heterocycles. The molecule has 2 heterocycles. The molecule has 13 nitrogen and oxygen atoms in total. The van der Waals surface area contributed by atoms with Crippen molar-refractivity contribution in [3.8, 4) is 11.5 Å². The van der Waals surface area contributed by atoms with Crippen molar-refractivity contribution in [2.75, 3.05) is 13.2 Å². The molecule has 5 amide bonds. The molecule has 0 unspecified atom stereocenters. The molecule has 2 aromatic carbocycles. The third-order valence-corrected chi connectivity index (χ3v) is 8.85. The Labute approximate surface area is 289 Å². The summed E-state index contributed by atoms with van der Waals surface area (Å²) in [6.45, 7) is 7.52. The van der Waals surface area contributed by atoms with Crippen LogP contribution in [0.2, 0.25) is 0 Å². The van der Waals surface area contributed by atoms with Crippen LogP contribution in [0.25, 0.3) is 0 Å². The van der Waals surface area contributed by atoms with Crippen molar-refractivity contribution in [2.45, 2.75) is 77.5 Å². The van der Waals surface area contributed by atoms with Crippen LogP contribution in [0, 0.1) is 12.8 Å². The van der Waals surface area contributed by atoms with Crippen LogP contribution in [-0.2, 0) is 32.0 Å². The van der Waals surface area contributed by atoms with Crippen LogP contribution in [0.1, 0.15) is 60.2 Å². The van der Waals surface area contributed by atoms with Crippen molar-refractivity contribution < 1.29 is 33.8 Å². The van der Waals surface area contributed by atoms with Crippen molar-refractivity contribution in [1.82, 2.24) is 31.6 Å². The number of nitrogens with one attached hydrogen (secondary N) is 5. The molecule has 0 aliphatic carbocycles. The lowest BCUT2D eigenvalue weighted by molar-refractivity contribution is -0.133. The summed E-state index contributed by atoms with van der Waals surface area (Å²) in [6, 6.07) is 8.76. The third-order valence-electron chi connectivity index (χ3n) is 7.83. The first-order valence-electron chi connectivity index (χ1n) is 16.3. The van der Waals surface area contributed by atoms with Crippen molar-refractivity contribution in [1.29, 1.82) is 0 Å². The monoisotopic (exact) mass is 692 g/mol. The molecule has 4 atom stereocenters. The number of aromatic nitrogens is 1. The molecule has 3 aromatic rings. The quantitative estimate of drug-likeness (QED) is 0.194. The van der Waals surface area contributed by atoms with E-state index in [-0.39, 0.29) is 42.6 Å². The summed E-state index contributed by atoms with van der Waals surface area (Å²) in [5.41, 5.74) is 1.71. The number of hydrogen-bond donors (Lipinski definition) is 6. The summed E-state index contributed by atoms with van der Waals surface area (Å²) < 4.78 is 5.93. The van der Waals surface area contributed by atoms with Gasteiger partial charge in [0.15, 0.2) is 0 Å². The fraction of sp³-hybridized carbons (Fsp3) is 0.429. The van der Waals surface area contributed by atoms with E-state index in [0.29, 0.717) is 18.4 Å². The maximum Gasteiger partial charge on any atom is 0.255 e. The van der Waals surface area contributed by atoms with Gasteiger partial charge in [0.25, 0.3) is 5.91 Å². The molecule has 0 radical (unpaired) electrons. The highest BCUT2D eigenvalue weighted by molar-refractivity contribution is 7.09. The molecule has 0 fully saturated rings. The first kappa shape index (κ1) is 36.8. The zero-order valence-corrected chi connectivity index (χ0v) is 28.9. The van der Waals surface area contributed by atoms with Crippen LogP contribution in [0.3, 0.4) is 0 Å². The lowest BCUT2D eigenvalue weighted by Crippen LogP contribution is -2.57. The van der Waals surface area contributed by atoms with Crippen molar-refractivity contribution in [2.24, 2.45) is 5.92 Å². The van der Waals surface area contributed by atoms with Gasteiger partial charge in [0, 0.05) is 30.5 Å². The largest absolute Gasteiger partial charge is 0.508 e. The number of hydrogen-bond acceptors (Lipinski definition) is 9. The SMILES string of the molecule is Cc1csc(CCCNC(=O)[C@@H]2CC(=O)N[C@@H](Cc3ccc(O)cc3)C(=O)N[C@H](C(C)C)C(=O)N[C@@H](C)COc3ccccc3C(=O)N2)n1. The van der Waals surface area contributed by atoms with Crippen molar-refractivity contribution in [3.63, 3.8) is 0 Å². The van der Waals surface area contributed by atoms with Gasteiger partial charge < -0.3 is 36.4 Å². The zero-order valence-electron chi connectivity index (χ0n) is 28.1. The molecule has 262 valence electrons. The number of carbonyl (C=O) groups excluding carboxylic acids is 5. The lowest BCUT2D eigenvalue weighted by Gasteiger charge is -2.27. The van der Waals surface area contributed by atoms with Gasteiger partial charge in [-0.25, -0.2) is 4.98 Å². The zero-order chi connectivity index (χ0) is 35.5. The number of carbonyl (C=O) groups is 5. The minimum absolute atomic E-state index is 0.0147. The minimum atomic E-state index is -1.29. The molecule has 1 aliphatic rings. The predicted octanol–water partition coefficient (Wildman–Crippen LogP) is 2.16. The van der Waals surface area contributed by atoms with Gasteiger partial charge in [0.05, 0.1) is 23.0 Å². The van der Waals surface area contributed by atoms with E-state index in [0.717, 1.165) is 10.7 Å². The van der Waals surface area contributed by atoms with E-state index in [1.165, 1.54) is 18.2 Å². The highest BCUT2D eigenvalue weighted by Crippen LogP contribution is 2.19. The summed E-state index contributed by atoms with van der Waals surface area (Å²) in [7, 11) is 0. The standard InChI is InChI=1S/C35H44N6O7S/c1-20(2)31-35(47)38-21(3)18-48-28-9-6-5-8-25(28)32(44)40-27(33(45)36-15-7-10-30-37-22(4)19-49-30)17-29(43)39-26(34(46)41-31)16-23-11-13-24(42)14-12-23/h5-6,8-9,11-14,19-21,26-27,31,42H,7,10,15-18H2,1-4H3,(H,36,45)(H,38,47)(H,39,43)(H,40,44)(H,41,46)/t21-,26-,27-,31+/m0/s1. The second-order valence-electron chi connectivity index (χ2n) is 12.4. The van der Waals surface area contributed by atoms with Crippen LogP contribution >= 0.6 is 11.3 Å². The Morgan fingerprint density at radius 1 is 1.02 bits per heavy atom. The van der Waals surface area contributed by atoms with Crippen LogP contribution in [0.15, 0.2) is 53.9 Å². The number of phenols is 1. The smallest absolute Gasteiger partial charge is 0.255 e. The average Bonchev–Trinajstić information content (AvgIpc) is 3.48. The molecule has 1 aliphatic heterocycles. The van der Waals surface area contributed by atoms with E-state index in [4.69, 9.17) is 4.74 Å². The van der Waals surface area contributed by atoms with Gasteiger partial charge in [-0.05, 0) is 56.0 Å². The van der Waals surface area contributed by atoms with E-state index in [1.807, 2.05) is 12.3 Å². The molecule has 49 heavy (non-hydrogen) atoms. The topological polar surface area (TPSA) is 188 Å². The van der Waals surface area contributed by atoms with Gasteiger partial charge in [-0.1, -0.05) is 38.1 Å². The molecular formula is C35H44N6O7S. The molecule has 6 N–H and O–H groups in total. The summed E-state index contributed by atoms with van der Waals surface area (Å²) in [4.78, 5) is 72.1. The Kier molecular flexibility index (Phi) is 13.1. The second kappa shape index (κ2) is 17.4. The van der Waals surface area contributed by atoms with Gasteiger partial charge >= 0.3 is 0 Å². The lowest BCUT2D eigenvalue weighted by atomic mass is 10.0. The number of fused-ring (bicyclic) bond motifs is 1. The maximum atomic E-state index is 13.7. The van der Waals surface area contributed by atoms with E-state index in [2.05, 4.69) is 31.6 Å². The number of rotatable bonds is 8. The van der Waals surface area contributed by atoms with Gasteiger partial charge in [-0.15, -0.1) is 11.3 Å². The predicted molar refractivity (Wildman–Crippen MR) is 184 cm³/mol. The summed E-state index contributed by atoms with van der Waals surface area (Å²) >= 11 is 1.54. The number of amides is 5. The Hall–Kier alpha value is -4.98. The number of phenolic OH excluding ortho intramolecular Hbond substituents is 1. The molecule has 4 rings (SSSR count). The normalized spacial score (nSPS) is 20.9. The van der Waals surface area contributed by atoms with Crippen molar-refractivity contribution in [3.05, 3.63) is 75.7 Å². The fourth-order valence-corrected chi connectivity index (χ4v) is 6.03. The number of aromatic hydroxyl groups is 1. The van der Waals surface area contributed by atoms with Gasteiger partial charge in [0.1, 0.15) is 36.2 Å². The summed E-state index contributed by atoms with van der Waals surface area (Å²) in [5, 5.41) is 26.5. The second-order valence-corrected chi connectivity index (χ2v) is 13.4. The van der Waals surface area contributed by atoms with Gasteiger partial charge in [0.2, 0.25) is 23.6 Å². The molecule has 0 saturated carbocycles. The van der Waals surface area contributed by atoms with E-state index in [1.54, 1.807) is 62.4 Å². The Balaban J connectivity index is 1.61. The van der Waals surface area contributed by atoms with Crippen LogP contribution in [0.5, 0.6) is 11.5 Å². The first-order valence-corrected chi connectivity index (χ1v) is 17.2. The van der Waals surface area contributed by atoms with Crippen LogP contribution < -0.4 is 31.3 Å². The summed E-state index contributed by atoms with van der Waals surface area (Å²) in [6.07, 6.45) is 0.805. The first-order chi connectivity index (χ1) is 23.4. The van der Waals surface area contributed by atoms with Gasteiger partial charge in [-0.2, -0.15) is 0 Å². The minimum Gasteiger partial charge on any atom is -0.508 e. The number of para-hydroxylation sites is 1. The summed E-state index contributed by atoms with van der Waals surface area (Å²) in [5.74, 6) is -2.97. The molecule has 14 heteroatoms. The third kappa shape index (κ3) is 11.0. The number of aryl methyl sites for hydroxylation is 2. The van der Waals surface area contributed by atoms with E-state index in [9.17, 15) is 29.1 Å². The van der Waals surface area contributed by atoms with Crippen LogP contribution in [-0.4, -0.2) is 76.9 Å². The van der Waals surface area contributed by atoms with Crippen LogP contribution in [0.4, 0.5) is 0 Å². The van der Waals surface area contributed by atoms with E-state index < -0.39 is 60.1 Å². The number of thiazole rings is 1. The molecule has 0 bridgehead atoms. The fourth-order valence-electron chi connectivity index (χ4n) is 5.21. The molecular weight excluding hydrogens is 648 g/mol. The number of benzene rings is 2. The number of nitrogens with zero attached hydrogens (tertiary/aromatic N) is 1. The van der Waals surface area contributed by atoms with E-state index >= 15 is 0 Å². The Morgan fingerprint density at radius 3 is 2.45 bits per heavy atom. The number of ether oxygens (including phenoxy) is 1. The molecule has 0 spiro atoms. The Morgan fingerprint density at radius 2 is 1.76 bits per heavy atom. The maximum absolute atomic E-state index is 13.7. The van der Waals surface area contributed by atoms with Crippen molar-refractivity contribution >= 4 is 40.9 Å². The average molecular weight is 693 g/mol. The Bertz CT molecular complexity index is 1630. The molecule has 1 aromatic heterocycles. The highest BCUT2D eigenvalue weighted by atomic mass is 32.1.